The molecule has 3 nitrogen and oxygen atoms in total. The van der Waals surface area contributed by atoms with E-state index in [1.807, 2.05) is 6.07 Å². The molecular weight excluding hydrogens is 150 g/mol. The Balaban J connectivity index is 3.12. The summed E-state index contributed by atoms with van der Waals surface area (Å²) in [6.07, 6.45) is 2.98. The monoisotopic (exact) mass is 153 g/mol. The van der Waals surface area contributed by atoms with E-state index in [1.165, 1.54) is 12.4 Å². The van der Waals surface area contributed by atoms with Crippen LogP contribution in [0.3, 0.4) is 0 Å². The van der Waals surface area contributed by atoms with Gasteiger partial charge < -0.3 is 0 Å². The van der Waals surface area contributed by atoms with Crippen LogP contribution in [0.5, 0.6) is 0 Å². The molecule has 0 radical (unpaired) electrons. The van der Waals surface area contributed by atoms with Crippen molar-refractivity contribution >= 4 is 11.6 Å². The van der Waals surface area contributed by atoms with Crippen LogP contribution >= 0.6 is 11.6 Å². The van der Waals surface area contributed by atoms with Crippen molar-refractivity contribution in [1.29, 1.82) is 5.26 Å². The first-order valence-electron chi connectivity index (χ1n) is 2.64. The molecule has 0 bridgehead atoms. The van der Waals surface area contributed by atoms with E-state index in [-0.39, 0.29) is 5.88 Å². The molecule has 0 aliphatic carbocycles. The number of hydrogen-bond donors (Lipinski definition) is 0. The summed E-state index contributed by atoms with van der Waals surface area (Å²) < 4.78 is 0. The average Bonchev–Trinajstić information content (AvgIpc) is 2.04. The Hall–Kier alpha value is -1.14. The van der Waals surface area contributed by atoms with Crippen LogP contribution in [-0.2, 0) is 5.88 Å². The van der Waals surface area contributed by atoms with E-state index in [9.17, 15) is 0 Å². The van der Waals surface area contributed by atoms with Crippen molar-refractivity contribution in [2.45, 2.75) is 5.88 Å². The number of halogens is 1. The summed E-state index contributed by atoms with van der Waals surface area (Å²) in [7, 11) is 0. The smallest absolute Gasteiger partial charge is 0.163 e. The molecule has 0 saturated heterocycles. The SMILES string of the molecule is N#Cc1nccnc1CCl. The number of alkyl halides is 1. The van der Waals surface area contributed by atoms with Gasteiger partial charge in [-0.25, -0.2) is 4.98 Å². The topological polar surface area (TPSA) is 49.6 Å². The summed E-state index contributed by atoms with van der Waals surface area (Å²) in [5.41, 5.74) is 0.837. The molecule has 10 heavy (non-hydrogen) atoms. The number of hydrogen-bond acceptors (Lipinski definition) is 3. The molecule has 0 saturated carbocycles. The van der Waals surface area contributed by atoms with Gasteiger partial charge in [0.1, 0.15) is 6.07 Å². The molecule has 0 aliphatic rings. The van der Waals surface area contributed by atoms with Crippen molar-refractivity contribution < 1.29 is 0 Å². The van der Waals surface area contributed by atoms with E-state index in [1.54, 1.807) is 0 Å². The zero-order valence-corrected chi connectivity index (χ0v) is 5.84. The van der Waals surface area contributed by atoms with Crippen LogP contribution in [0.15, 0.2) is 12.4 Å². The second kappa shape index (κ2) is 3.14. The Morgan fingerprint density at radius 1 is 1.50 bits per heavy atom. The summed E-state index contributed by atoms with van der Waals surface area (Å²) in [6, 6.07) is 1.89. The van der Waals surface area contributed by atoms with Crippen molar-refractivity contribution in [2.24, 2.45) is 0 Å². The van der Waals surface area contributed by atoms with E-state index in [0.29, 0.717) is 11.4 Å². The van der Waals surface area contributed by atoms with Crippen molar-refractivity contribution in [3.8, 4) is 6.07 Å². The van der Waals surface area contributed by atoms with Gasteiger partial charge in [0.2, 0.25) is 0 Å². The fourth-order valence-corrected chi connectivity index (χ4v) is 0.754. The number of aromatic nitrogens is 2. The minimum Gasteiger partial charge on any atom is -0.255 e. The highest BCUT2D eigenvalue weighted by molar-refractivity contribution is 6.17. The number of nitriles is 1. The lowest BCUT2D eigenvalue weighted by Crippen LogP contribution is -1.92. The maximum absolute atomic E-state index is 8.44. The zero-order chi connectivity index (χ0) is 7.40. The molecule has 50 valence electrons. The molecule has 0 aromatic carbocycles. The molecule has 0 N–H and O–H groups in total. The summed E-state index contributed by atoms with van der Waals surface area (Å²) >= 11 is 5.46. The number of nitrogens with zero attached hydrogens (tertiary/aromatic N) is 3. The molecule has 1 heterocycles. The largest absolute Gasteiger partial charge is 0.255 e. The van der Waals surface area contributed by atoms with Crippen molar-refractivity contribution in [2.75, 3.05) is 0 Å². The van der Waals surface area contributed by atoms with Gasteiger partial charge >= 0.3 is 0 Å². The van der Waals surface area contributed by atoms with Crippen molar-refractivity contribution in [3.63, 3.8) is 0 Å². The van der Waals surface area contributed by atoms with Crippen LogP contribution in [0.25, 0.3) is 0 Å². The lowest BCUT2D eigenvalue weighted by Gasteiger charge is -1.92. The molecule has 0 fully saturated rings. The molecule has 0 amide bonds. The van der Waals surface area contributed by atoms with Gasteiger partial charge in [0.25, 0.3) is 0 Å². The summed E-state index contributed by atoms with van der Waals surface area (Å²) in [5.74, 6) is 0.233. The fraction of sp³-hybridized carbons (Fsp3) is 0.167. The summed E-state index contributed by atoms with van der Waals surface area (Å²) in [4.78, 5) is 7.61. The molecule has 0 aliphatic heterocycles. The van der Waals surface area contributed by atoms with Gasteiger partial charge in [-0.15, -0.1) is 11.6 Å². The molecule has 0 unspecified atom stereocenters. The molecule has 1 aromatic rings. The van der Waals surface area contributed by atoms with E-state index in [0.717, 1.165) is 0 Å². The van der Waals surface area contributed by atoms with Gasteiger partial charge in [0.05, 0.1) is 11.6 Å². The molecular formula is C6H4ClN3. The van der Waals surface area contributed by atoms with Crippen LogP contribution in [0.1, 0.15) is 11.4 Å². The fourth-order valence-electron chi connectivity index (χ4n) is 0.558. The van der Waals surface area contributed by atoms with E-state index >= 15 is 0 Å². The maximum atomic E-state index is 8.44. The van der Waals surface area contributed by atoms with Crippen LogP contribution in [0.2, 0.25) is 0 Å². The standard InChI is InChI=1S/C6H4ClN3/c7-3-5-6(4-8)10-2-1-9-5/h1-2H,3H2. The highest BCUT2D eigenvalue weighted by atomic mass is 35.5. The Labute approximate surface area is 63.3 Å². The third-order valence-electron chi connectivity index (χ3n) is 1.01. The predicted octanol–water partition coefficient (Wildman–Crippen LogP) is 1.09. The highest BCUT2D eigenvalue weighted by Crippen LogP contribution is 2.01. The van der Waals surface area contributed by atoms with Gasteiger partial charge in [-0.1, -0.05) is 0 Å². The summed E-state index contributed by atoms with van der Waals surface area (Å²) in [6.45, 7) is 0. The first kappa shape index (κ1) is 6.97. The first-order valence-corrected chi connectivity index (χ1v) is 3.18. The third kappa shape index (κ3) is 1.23. The molecule has 1 aromatic heterocycles. The van der Waals surface area contributed by atoms with Gasteiger partial charge in [0, 0.05) is 12.4 Å². The van der Waals surface area contributed by atoms with Gasteiger partial charge in [-0.05, 0) is 0 Å². The Morgan fingerprint density at radius 2 is 2.20 bits per heavy atom. The zero-order valence-electron chi connectivity index (χ0n) is 5.08. The van der Waals surface area contributed by atoms with Crippen LogP contribution in [0, 0.1) is 11.3 Å². The van der Waals surface area contributed by atoms with Crippen LogP contribution < -0.4 is 0 Å². The first-order chi connectivity index (χ1) is 4.88. The second-order valence-corrected chi connectivity index (χ2v) is 1.86. The van der Waals surface area contributed by atoms with E-state index < -0.39 is 0 Å². The minimum absolute atomic E-state index is 0.233. The normalized spacial score (nSPS) is 8.80. The lowest BCUT2D eigenvalue weighted by atomic mass is 10.3. The van der Waals surface area contributed by atoms with Gasteiger partial charge in [0.15, 0.2) is 5.69 Å². The van der Waals surface area contributed by atoms with Crippen LogP contribution in [0.4, 0.5) is 0 Å². The van der Waals surface area contributed by atoms with Gasteiger partial charge in [-0.3, -0.25) is 4.98 Å². The summed E-state index contributed by atoms with van der Waals surface area (Å²) in [5, 5.41) is 8.44. The van der Waals surface area contributed by atoms with Crippen LogP contribution in [-0.4, -0.2) is 9.97 Å². The van der Waals surface area contributed by atoms with E-state index in [4.69, 9.17) is 16.9 Å². The van der Waals surface area contributed by atoms with E-state index in [2.05, 4.69) is 9.97 Å². The third-order valence-corrected chi connectivity index (χ3v) is 1.26. The van der Waals surface area contributed by atoms with Crippen molar-refractivity contribution in [1.82, 2.24) is 9.97 Å². The number of rotatable bonds is 1. The Morgan fingerprint density at radius 3 is 2.70 bits per heavy atom. The average molecular weight is 154 g/mol. The Kier molecular flexibility index (Phi) is 2.19. The lowest BCUT2D eigenvalue weighted by molar-refractivity contribution is 1.07. The molecule has 0 spiro atoms. The highest BCUT2D eigenvalue weighted by Gasteiger charge is 1.99. The van der Waals surface area contributed by atoms with Crippen molar-refractivity contribution in [3.05, 3.63) is 23.8 Å². The van der Waals surface area contributed by atoms with Gasteiger partial charge in [-0.2, -0.15) is 5.26 Å². The Bertz CT molecular complexity index is 266. The maximum Gasteiger partial charge on any atom is 0.163 e. The quantitative estimate of drug-likeness (QED) is 0.568. The molecule has 1 rings (SSSR count). The second-order valence-electron chi connectivity index (χ2n) is 1.60. The predicted molar refractivity (Wildman–Crippen MR) is 36.3 cm³/mol. The minimum atomic E-state index is 0.233. The molecule has 4 heteroatoms. The molecule has 0 atom stereocenters.